The summed E-state index contributed by atoms with van der Waals surface area (Å²) in [7, 11) is 1.68. The Bertz CT molecular complexity index is 360. The van der Waals surface area contributed by atoms with Crippen LogP contribution in [-0.4, -0.2) is 37.4 Å². The number of furan rings is 1. The number of hydrogen-bond donors (Lipinski definition) is 1. The monoisotopic (exact) mass is 211 g/mol. The summed E-state index contributed by atoms with van der Waals surface area (Å²) in [5, 5.41) is 8.70. The number of carboxylic acid groups (broad SMARTS) is 1. The van der Waals surface area contributed by atoms with Gasteiger partial charge in [0.1, 0.15) is 0 Å². The minimum absolute atomic E-state index is 0.0223. The Morgan fingerprint density at radius 2 is 2.47 bits per heavy atom. The molecule has 1 aliphatic rings. The fourth-order valence-corrected chi connectivity index (χ4v) is 1.73. The van der Waals surface area contributed by atoms with Crippen LogP contribution in [0.4, 0.5) is 5.88 Å². The highest BCUT2D eigenvalue weighted by atomic mass is 16.5. The Labute approximate surface area is 87.2 Å². The van der Waals surface area contributed by atoms with E-state index in [1.807, 2.05) is 4.90 Å². The molecule has 1 N–H and O–H groups in total. The minimum atomic E-state index is -1.04. The summed E-state index contributed by atoms with van der Waals surface area (Å²) in [6, 6.07) is 3.15. The largest absolute Gasteiger partial charge is 0.475 e. The molecule has 2 heterocycles. The lowest BCUT2D eigenvalue weighted by molar-refractivity contribution is 0.0663. The first kappa shape index (κ1) is 10.0. The summed E-state index contributed by atoms with van der Waals surface area (Å²) in [6.07, 6.45) is 1.16. The molecule has 0 bridgehead atoms. The van der Waals surface area contributed by atoms with E-state index >= 15 is 0 Å². The Balaban J connectivity index is 2.07. The molecule has 0 amide bonds. The lowest BCUT2D eigenvalue weighted by Crippen LogP contribution is -2.21. The summed E-state index contributed by atoms with van der Waals surface area (Å²) < 4.78 is 10.4. The second kappa shape index (κ2) is 3.94. The van der Waals surface area contributed by atoms with Crippen LogP contribution in [-0.2, 0) is 4.74 Å². The number of aromatic carboxylic acids is 1. The third-order valence-electron chi connectivity index (χ3n) is 2.59. The molecule has 1 fully saturated rings. The van der Waals surface area contributed by atoms with Crippen molar-refractivity contribution in [3.05, 3.63) is 17.9 Å². The molecule has 1 saturated heterocycles. The van der Waals surface area contributed by atoms with Crippen molar-refractivity contribution in [2.24, 2.45) is 0 Å². The van der Waals surface area contributed by atoms with Crippen molar-refractivity contribution in [1.82, 2.24) is 0 Å². The molecule has 1 atom stereocenters. The lowest BCUT2D eigenvalue weighted by Gasteiger charge is -2.14. The number of rotatable bonds is 3. The van der Waals surface area contributed by atoms with Crippen LogP contribution in [0.1, 0.15) is 17.0 Å². The maximum Gasteiger partial charge on any atom is 0.371 e. The molecule has 1 unspecified atom stereocenters. The Morgan fingerprint density at radius 3 is 3.00 bits per heavy atom. The van der Waals surface area contributed by atoms with Crippen molar-refractivity contribution in [3.8, 4) is 0 Å². The third kappa shape index (κ3) is 1.97. The molecule has 0 radical (unpaired) electrons. The molecule has 1 aromatic rings. The molecule has 0 spiro atoms. The zero-order valence-electron chi connectivity index (χ0n) is 8.47. The summed E-state index contributed by atoms with van der Waals surface area (Å²) in [4.78, 5) is 12.6. The van der Waals surface area contributed by atoms with Crippen molar-refractivity contribution in [2.45, 2.75) is 12.5 Å². The lowest BCUT2D eigenvalue weighted by atomic mass is 10.3. The van der Waals surface area contributed by atoms with Crippen LogP contribution in [0.5, 0.6) is 0 Å². The topological polar surface area (TPSA) is 62.9 Å². The second-order valence-corrected chi connectivity index (χ2v) is 3.54. The molecule has 0 aromatic carbocycles. The summed E-state index contributed by atoms with van der Waals surface area (Å²) in [5.41, 5.74) is 0. The van der Waals surface area contributed by atoms with Crippen LogP contribution in [0.2, 0.25) is 0 Å². The molecule has 15 heavy (non-hydrogen) atoms. The molecule has 82 valence electrons. The van der Waals surface area contributed by atoms with E-state index < -0.39 is 5.97 Å². The van der Waals surface area contributed by atoms with E-state index in [9.17, 15) is 4.79 Å². The Hall–Kier alpha value is -1.49. The maximum absolute atomic E-state index is 10.6. The molecule has 2 rings (SSSR count). The van der Waals surface area contributed by atoms with Gasteiger partial charge in [-0.3, -0.25) is 0 Å². The molecule has 5 nitrogen and oxygen atoms in total. The second-order valence-electron chi connectivity index (χ2n) is 3.54. The molecule has 0 aliphatic carbocycles. The minimum Gasteiger partial charge on any atom is -0.475 e. The zero-order chi connectivity index (χ0) is 10.8. The first-order chi connectivity index (χ1) is 7.20. The van der Waals surface area contributed by atoms with E-state index in [4.69, 9.17) is 14.3 Å². The molecular weight excluding hydrogens is 198 g/mol. The highest BCUT2D eigenvalue weighted by Gasteiger charge is 2.24. The first-order valence-corrected chi connectivity index (χ1v) is 4.81. The summed E-state index contributed by atoms with van der Waals surface area (Å²) in [5.74, 6) is -0.457. The van der Waals surface area contributed by atoms with Crippen molar-refractivity contribution in [1.29, 1.82) is 0 Å². The van der Waals surface area contributed by atoms with Crippen LogP contribution < -0.4 is 4.90 Å². The van der Waals surface area contributed by atoms with Crippen molar-refractivity contribution < 1.29 is 19.1 Å². The average Bonchev–Trinajstić information content (AvgIpc) is 2.86. The van der Waals surface area contributed by atoms with Crippen molar-refractivity contribution in [3.63, 3.8) is 0 Å². The van der Waals surface area contributed by atoms with Gasteiger partial charge in [0.2, 0.25) is 5.76 Å². The van der Waals surface area contributed by atoms with Gasteiger partial charge in [-0.1, -0.05) is 0 Å². The van der Waals surface area contributed by atoms with Crippen LogP contribution in [0.15, 0.2) is 16.5 Å². The molecule has 1 aromatic heterocycles. The SMILES string of the molecule is COC1CCN(c2ccc(C(=O)O)o2)C1. The van der Waals surface area contributed by atoms with Gasteiger partial charge in [-0.25, -0.2) is 4.79 Å². The van der Waals surface area contributed by atoms with E-state index in [-0.39, 0.29) is 11.9 Å². The van der Waals surface area contributed by atoms with Crippen LogP contribution >= 0.6 is 0 Å². The fraction of sp³-hybridized carbons (Fsp3) is 0.500. The molecular formula is C10H13NO4. The number of anilines is 1. The average molecular weight is 211 g/mol. The standard InChI is InChI=1S/C10H13NO4/c1-14-7-4-5-11(6-7)9-3-2-8(15-9)10(12)13/h2-3,7H,4-6H2,1H3,(H,12,13). The van der Waals surface area contributed by atoms with E-state index in [1.165, 1.54) is 6.07 Å². The van der Waals surface area contributed by atoms with Gasteiger partial charge in [0.25, 0.3) is 0 Å². The number of methoxy groups -OCH3 is 1. The van der Waals surface area contributed by atoms with Gasteiger partial charge in [-0.15, -0.1) is 0 Å². The maximum atomic E-state index is 10.6. The van der Waals surface area contributed by atoms with Gasteiger partial charge in [0.05, 0.1) is 6.10 Å². The zero-order valence-corrected chi connectivity index (χ0v) is 8.47. The van der Waals surface area contributed by atoms with Crippen LogP contribution in [0.25, 0.3) is 0 Å². The van der Waals surface area contributed by atoms with Gasteiger partial charge in [-0.05, 0) is 12.5 Å². The smallest absolute Gasteiger partial charge is 0.371 e. The number of carbonyl (C=O) groups is 1. The number of carboxylic acids is 1. The van der Waals surface area contributed by atoms with Gasteiger partial charge in [0.15, 0.2) is 5.88 Å². The van der Waals surface area contributed by atoms with Crippen LogP contribution in [0, 0.1) is 0 Å². The van der Waals surface area contributed by atoms with E-state index in [1.54, 1.807) is 13.2 Å². The number of nitrogens with zero attached hydrogens (tertiary/aromatic N) is 1. The van der Waals surface area contributed by atoms with Crippen molar-refractivity contribution in [2.75, 3.05) is 25.1 Å². The fourth-order valence-electron chi connectivity index (χ4n) is 1.73. The van der Waals surface area contributed by atoms with Gasteiger partial charge < -0.3 is 19.2 Å². The quantitative estimate of drug-likeness (QED) is 0.814. The highest BCUT2D eigenvalue weighted by molar-refractivity contribution is 5.84. The van der Waals surface area contributed by atoms with E-state index in [2.05, 4.69) is 0 Å². The first-order valence-electron chi connectivity index (χ1n) is 4.81. The van der Waals surface area contributed by atoms with Crippen molar-refractivity contribution >= 4 is 11.9 Å². The number of ether oxygens (including phenoxy) is 1. The van der Waals surface area contributed by atoms with E-state index in [0.717, 1.165) is 19.5 Å². The van der Waals surface area contributed by atoms with Gasteiger partial charge in [-0.2, -0.15) is 0 Å². The highest BCUT2D eigenvalue weighted by Crippen LogP contribution is 2.23. The molecule has 0 saturated carbocycles. The van der Waals surface area contributed by atoms with Crippen LogP contribution in [0.3, 0.4) is 0 Å². The van der Waals surface area contributed by atoms with Gasteiger partial charge >= 0.3 is 5.97 Å². The Kier molecular flexibility index (Phi) is 2.64. The van der Waals surface area contributed by atoms with E-state index in [0.29, 0.717) is 5.88 Å². The Morgan fingerprint density at radius 1 is 1.67 bits per heavy atom. The normalized spacial score (nSPS) is 20.9. The number of hydrogen-bond acceptors (Lipinski definition) is 4. The molecule has 1 aliphatic heterocycles. The van der Waals surface area contributed by atoms with Gasteiger partial charge in [0, 0.05) is 26.3 Å². The summed E-state index contributed by atoms with van der Waals surface area (Å²) in [6.45, 7) is 1.59. The third-order valence-corrected chi connectivity index (χ3v) is 2.59. The predicted molar refractivity (Wildman–Crippen MR) is 53.3 cm³/mol. The predicted octanol–water partition coefficient (Wildman–Crippen LogP) is 1.20. The summed E-state index contributed by atoms with van der Waals surface area (Å²) >= 11 is 0. The molecule has 5 heteroatoms.